The normalized spacial score (nSPS) is 13.9. The third-order valence-electron chi connectivity index (χ3n) is 2.60. The monoisotopic (exact) mass is 227 g/mol. The van der Waals surface area contributed by atoms with Crippen molar-refractivity contribution in [3.8, 4) is 12.3 Å². The smallest absolute Gasteiger partial charge is 0.137 e. The Morgan fingerprint density at radius 3 is 2.71 bits per heavy atom. The van der Waals surface area contributed by atoms with Crippen LogP contribution in [0.2, 0.25) is 0 Å². The predicted octanol–water partition coefficient (Wildman–Crippen LogP) is 1.19. The van der Waals surface area contributed by atoms with E-state index in [-0.39, 0.29) is 6.42 Å². The Labute approximate surface area is 99.9 Å². The minimum Gasteiger partial charge on any atom is -0.382 e. The number of hydrogen-bond acceptors (Lipinski definition) is 3. The largest absolute Gasteiger partial charge is 0.382 e. The van der Waals surface area contributed by atoms with Gasteiger partial charge in [-0.25, -0.2) is 9.67 Å². The van der Waals surface area contributed by atoms with Crippen LogP contribution in [0.1, 0.15) is 12.0 Å². The molecule has 0 saturated carbocycles. The van der Waals surface area contributed by atoms with E-state index < -0.39 is 5.60 Å². The van der Waals surface area contributed by atoms with Gasteiger partial charge in [-0.05, 0) is 5.56 Å². The lowest BCUT2D eigenvalue weighted by Crippen LogP contribution is -2.31. The maximum absolute atomic E-state index is 10.6. The Balaban J connectivity index is 2.30. The van der Waals surface area contributed by atoms with Crippen LogP contribution in [0, 0.1) is 12.3 Å². The molecule has 0 saturated heterocycles. The molecule has 1 heterocycles. The van der Waals surface area contributed by atoms with Gasteiger partial charge in [0.2, 0.25) is 0 Å². The molecule has 1 aromatic heterocycles. The molecule has 0 aliphatic rings. The van der Waals surface area contributed by atoms with E-state index in [0.717, 1.165) is 5.56 Å². The van der Waals surface area contributed by atoms with Gasteiger partial charge >= 0.3 is 0 Å². The maximum Gasteiger partial charge on any atom is 0.137 e. The lowest BCUT2D eigenvalue weighted by atomic mass is 9.91. The first-order valence-electron chi connectivity index (χ1n) is 5.28. The van der Waals surface area contributed by atoms with Crippen molar-refractivity contribution in [3.05, 3.63) is 48.5 Å². The zero-order valence-electron chi connectivity index (χ0n) is 9.32. The zero-order chi connectivity index (χ0) is 12.1. The summed E-state index contributed by atoms with van der Waals surface area (Å²) < 4.78 is 1.57. The van der Waals surface area contributed by atoms with Crippen molar-refractivity contribution in [1.82, 2.24) is 14.8 Å². The number of aromatic nitrogens is 3. The second kappa shape index (κ2) is 4.81. The van der Waals surface area contributed by atoms with Crippen LogP contribution in [0.5, 0.6) is 0 Å². The summed E-state index contributed by atoms with van der Waals surface area (Å²) in [5.74, 6) is 2.51. The van der Waals surface area contributed by atoms with E-state index in [4.69, 9.17) is 6.42 Å². The van der Waals surface area contributed by atoms with E-state index in [9.17, 15) is 5.11 Å². The summed E-state index contributed by atoms with van der Waals surface area (Å²) in [4.78, 5) is 3.85. The molecule has 1 N–H and O–H groups in total. The molecule has 2 rings (SSSR count). The van der Waals surface area contributed by atoms with Crippen molar-refractivity contribution in [1.29, 1.82) is 0 Å². The van der Waals surface area contributed by atoms with Gasteiger partial charge in [0.1, 0.15) is 18.3 Å². The third kappa shape index (κ3) is 2.52. The highest BCUT2D eigenvalue weighted by molar-refractivity contribution is 5.23. The van der Waals surface area contributed by atoms with E-state index >= 15 is 0 Å². The quantitative estimate of drug-likeness (QED) is 0.798. The van der Waals surface area contributed by atoms with Gasteiger partial charge in [-0.3, -0.25) is 0 Å². The van der Waals surface area contributed by atoms with E-state index in [1.54, 1.807) is 11.0 Å². The van der Waals surface area contributed by atoms with Crippen LogP contribution in [-0.4, -0.2) is 19.9 Å². The summed E-state index contributed by atoms with van der Waals surface area (Å²) in [5, 5.41) is 14.6. The molecule has 4 heteroatoms. The molecule has 0 aliphatic heterocycles. The highest BCUT2D eigenvalue weighted by atomic mass is 16.3. The summed E-state index contributed by atoms with van der Waals surface area (Å²) in [6, 6.07) is 9.36. The van der Waals surface area contributed by atoms with E-state index in [1.165, 1.54) is 6.33 Å². The molecule has 1 unspecified atom stereocenters. The zero-order valence-corrected chi connectivity index (χ0v) is 9.32. The van der Waals surface area contributed by atoms with E-state index in [0.29, 0.717) is 6.54 Å². The topological polar surface area (TPSA) is 50.9 Å². The summed E-state index contributed by atoms with van der Waals surface area (Å²) in [6.07, 6.45) is 8.55. The SMILES string of the molecule is C#CCC(O)(Cn1cncn1)c1ccccc1. The first-order chi connectivity index (χ1) is 8.24. The molecular weight excluding hydrogens is 214 g/mol. The fraction of sp³-hybridized carbons (Fsp3) is 0.231. The molecule has 2 aromatic rings. The molecule has 86 valence electrons. The summed E-state index contributed by atoms with van der Waals surface area (Å²) in [6.45, 7) is 0.293. The van der Waals surface area contributed by atoms with Crippen LogP contribution in [-0.2, 0) is 12.1 Å². The number of benzene rings is 1. The van der Waals surface area contributed by atoms with Gasteiger partial charge < -0.3 is 5.11 Å². The average Bonchev–Trinajstić information content (AvgIpc) is 2.83. The molecule has 4 nitrogen and oxygen atoms in total. The summed E-state index contributed by atoms with van der Waals surface area (Å²) in [5.41, 5.74) is -0.322. The molecule has 0 fully saturated rings. The Morgan fingerprint density at radius 1 is 1.35 bits per heavy atom. The Hall–Kier alpha value is -2.12. The van der Waals surface area contributed by atoms with Crippen LogP contribution in [0.4, 0.5) is 0 Å². The number of hydrogen-bond donors (Lipinski definition) is 1. The lowest BCUT2D eigenvalue weighted by Gasteiger charge is -2.26. The molecule has 1 atom stereocenters. The van der Waals surface area contributed by atoms with Crippen molar-refractivity contribution in [3.63, 3.8) is 0 Å². The average molecular weight is 227 g/mol. The van der Waals surface area contributed by atoms with Crippen molar-refractivity contribution < 1.29 is 5.11 Å². The second-order valence-electron chi connectivity index (χ2n) is 3.87. The van der Waals surface area contributed by atoms with Crippen molar-refractivity contribution in [2.45, 2.75) is 18.6 Å². The molecule has 17 heavy (non-hydrogen) atoms. The third-order valence-corrected chi connectivity index (χ3v) is 2.60. The molecule has 0 bridgehead atoms. The minimum atomic E-state index is -1.11. The number of terminal acetylenes is 1. The molecule has 0 aliphatic carbocycles. The van der Waals surface area contributed by atoms with E-state index in [2.05, 4.69) is 16.0 Å². The van der Waals surface area contributed by atoms with Gasteiger partial charge in [-0.15, -0.1) is 12.3 Å². The molecule has 0 radical (unpaired) electrons. The first kappa shape index (κ1) is 11.4. The van der Waals surface area contributed by atoms with Crippen molar-refractivity contribution in [2.75, 3.05) is 0 Å². The highest BCUT2D eigenvalue weighted by Crippen LogP contribution is 2.26. The number of rotatable bonds is 4. The van der Waals surface area contributed by atoms with Gasteiger partial charge in [0.05, 0.1) is 6.54 Å². The van der Waals surface area contributed by atoms with Gasteiger partial charge in [-0.1, -0.05) is 30.3 Å². The van der Waals surface area contributed by atoms with E-state index in [1.807, 2.05) is 30.3 Å². The van der Waals surface area contributed by atoms with Gasteiger partial charge in [-0.2, -0.15) is 5.10 Å². The number of nitrogens with zero attached hydrogens (tertiary/aromatic N) is 3. The van der Waals surface area contributed by atoms with Crippen LogP contribution < -0.4 is 0 Å². The first-order valence-corrected chi connectivity index (χ1v) is 5.28. The number of aliphatic hydroxyl groups is 1. The maximum atomic E-state index is 10.6. The second-order valence-corrected chi connectivity index (χ2v) is 3.87. The predicted molar refractivity (Wildman–Crippen MR) is 63.8 cm³/mol. The fourth-order valence-corrected chi connectivity index (χ4v) is 1.75. The van der Waals surface area contributed by atoms with Gasteiger partial charge in [0, 0.05) is 6.42 Å². The molecule has 0 spiro atoms. The standard InChI is InChI=1S/C13H13N3O/c1-2-8-13(17,9-16-11-14-10-15-16)12-6-4-3-5-7-12/h1,3-7,10-11,17H,8-9H2. The molecule has 0 amide bonds. The van der Waals surface area contributed by atoms with Crippen LogP contribution in [0.3, 0.4) is 0 Å². The Morgan fingerprint density at radius 2 is 2.12 bits per heavy atom. The van der Waals surface area contributed by atoms with Crippen LogP contribution in [0.25, 0.3) is 0 Å². The minimum absolute atomic E-state index is 0.233. The Kier molecular flexibility index (Phi) is 3.22. The van der Waals surface area contributed by atoms with Crippen molar-refractivity contribution >= 4 is 0 Å². The highest BCUT2D eigenvalue weighted by Gasteiger charge is 2.29. The fourth-order valence-electron chi connectivity index (χ4n) is 1.75. The van der Waals surface area contributed by atoms with Crippen LogP contribution in [0.15, 0.2) is 43.0 Å². The molecule has 1 aromatic carbocycles. The van der Waals surface area contributed by atoms with Crippen LogP contribution >= 0.6 is 0 Å². The molecular formula is C13H13N3O. The lowest BCUT2D eigenvalue weighted by molar-refractivity contribution is 0.0199. The Bertz CT molecular complexity index is 501. The van der Waals surface area contributed by atoms with Gasteiger partial charge in [0.25, 0.3) is 0 Å². The van der Waals surface area contributed by atoms with Gasteiger partial charge in [0.15, 0.2) is 0 Å². The summed E-state index contributed by atoms with van der Waals surface area (Å²) in [7, 11) is 0. The van der Waals surface area contributed by atoms with Crippen molar-refractivity contribution in [2.24, 2.45) is 0 Å². The summed E-state index contributed by atoms with van der Waals surface area (Å²) >= 11 is 0.